The van der Waals surface area contributed by atoms with Crippen molar-refractivity contribution in [2.75, 3.05) is 13.7 Å². The van der Waals surface area contributed by atoms with Gasteiger partial charge in [-0.15, -0.1) is 0 Å². The van der Waals surface area contributed by atoms with Crippen molar-refractivity contribution in [3.63, 3.8) is 0 Å². The highest BCUT2D eigenvalue weighted by Gasteiger charge is 2.35. The number of aryl methyl sites for hydroxylation is 1. The van der Waals surface area contributed by atoms with Crippen molar-refractivity contribution in [3.05, 3.63) is 35.4 Å². The maximum absolute atomic E-state index is 12.0. The van der Waals surface area contributed by atoms with Gasteiger partial charge in [-0.25, -0.2) is 4.79 Å². The lowest BCUT2D eigenvalue weighted by molar-refractivity contribution is -0.150. The van der Waals surface area contributed by atoms with Crippen LogP contribution in [-0.2, 0) is 15.1 Å². The van der Waals surface area contributed by atoms with E-state index in [1.165, 1.54) is 0 Å². The molecule has 1 N–H and O–H groups in total. The van der Waals surface area contributed by atoms with Crippen LogP contribution in [0.15, 0.2) is 24.3 Å². The van der Waals surface area contributed by atoms with Gasteiger partial charge in [0.05, 0.1) is 6.61 Å². The molecule has 16 heavy (non-hydrogen) atoms. The number of ether oxygens (including phenoxy) is 1. The average molecular weight is 221 g/mol. The Bertz CT molecular complexity index is 376. The summed E-state index contributed by atoms with van der Waals surface area (Å²) in [4.78, 5) is 12.0. The molecule has 0 aromatic heterocycles. The van der Waals surface area contributed by atoms with Gasteiger partial charge in [0.25, 0.3) is 0 Å². The Labute approximate surface area is 96.8 Å². The monoisotopic (exact) mass is 221 g/mol. The first-order chi connectivity index (χ1) is 7.56. The van der Waals surface area contributed by atoms with Crippen molar-refractivity contribution >= 4 is 5.97 Å². The zero-order chi connectivity index (χ0) is 12.2. The fraction of sp³-hybridized carbons (Fsp3) is 0.462. The Balaban J connectivity index is 3.14. The number of hydrogen-bond donors (Lipinski definition) is 1. The van der Waals surface area contributed by atoms with Gasteiger partial charge in [-0.05, 0) is 38.9 Å². The van der Waals surface area contributed by atoms with E-state index in [0.29, 0.717) is 6.61 Å². The molecule has 0 spiro atoms. The predicted octanol–water partition coefficient (Wildman–Crippen LogP) is 1.99. The van der Waals surface area contributed by atoms with E-state index in [4.69, 9.17) is 4.74 Å². The third-order valence-corrected chi connectivity index (χ3v) is 2.87. The van der Waals surface area contributed by atoms with E-state index < -0.39 is 5.54 Å². The van der Waals surface area contributed by atoms with Gasteiger partial charge < -0.3 is 10.1 Å². The van der Waals surface area contributed by atoms with Crippen molar-refractivity contribution < 1.29 is 9.53 Å². The summed E-state index contributed by atoms with van der Waals surface area (Å²) in [6.07, 6.45) is 0. The molecule has 0 amide bonds. The number of esters is 1. The second-order valence-electron chi connectivity index (χ2n) is 3.91. The smallest absolute Gasteiger partial charge is 0.330 e. The predicted molar refractivity (Wildman–Crippen MR) is 64.2 cm³/mol. The maximum atomic E-state index is 12.0. The molecule has 3 nitrogen and oxygen atoms in total. The van der Waals surface area contributed by atoms with Crippen LogP contribution in [0.3, 0.4) is 0 Å². The second kappa shape index (κ2) is 5.12. The van der Waals surface area contributed by atoms with Gasteiger partial charge in [0.2, 0.25) is 0 Å². The standard InChI is InChI=1S/C13H19NO2/c1-5-16-12(15)13(3,14-4)11-9-7-6-8-10(11)2/h6-9,14H,5H2,1-4H3. The normalized spacial score (nSPS) is 14.2. The third kappa shape index (κ3) is 2.25. The van der Waals surface area contributed by atoms with Crippen molar-refractivity contribution in [2.24, 2.45) is 0 Å². The van der Waals surface area contributed by atoms with Crippen molar-refractivity contribution in [1.82, 2.24) is 5.32 Å². The molecule has 0 saturated carbocycles. The van der Waals surface area contributed by atoms with Crippen molar-refractivity contribution in [1.29, 1.82) is 0 Å². The number of carbonyl (C=O) groups excluding carboxylic acids is 1. The van der Waals surface area contributed by atoms with Gasteiger partial charge in [-0.2, -0.15) is 0 Å². The van der Waals surface area contributed by atoms with Crippen LogP contribution in [0.4, 0.5) is 0 Å². The summed E-state index contributed by atoms with van der Waals surface area (Å²) < 4.78 is 5.11. The number of nitrogens with one attached hydrogen (secondary N) is 1. The minimum absolute atomic E-state index is 0.244. The molecule has 1 rings (SSSR count). The van der Waals surface area contributed by atoms with Crippen LogP contribution in [0.2, 0.25) is 0 Å². The van der Waals surface area contributed by atoms with E-state index in [9.17, 15) is 4.79 Å². The van der Waals surface area contributed by atoms with E-state index in [-0.39, 0.29) is 5.97 Å². The summed E-state index contributed by atoms with van der Waals surface area (Å²) in [6, 6.07) is 7.82. The quantitative estimate of drug-likeness (QED) is 0.790. The Hall–Kier alpha value is -1.35. The molecule has 0 aliphatic carbocycles. The van der Waals surface area contributed by atoms with E-state index in [2.05, 4.69) is 5.32 Å². The minimum Gasteiger partial charge on any atom is -0.464 e. The first-order valence-electron chi connectivity index (χ1n) is 5.48. The lowest BCUT2D eigenvalue weighted by Crippen LogP contribution is -2.46. The van der Waals surface area contributed by atoms with Gasteiger partial charge in [0.15, 0.2) is 0 Å². The molecular formula is C13H19NO2. The van der Waals surface area contributed by atoms with Crippen LogP contribution >= 0.6 is 0 Å². The summed E-state index contributed by atoms with van der Waals surface area (Å²) in [5.74, 6) is -0.244. The molecule has 0 fully saturated rings. The zero-order valence-corrected chi connectivity index (χ0v) is 10.3. The number of benzene rings is 1. The number of rotatable bonds is 4. The minimum atomic E-state index is -0.776. The van der Waals surface area contributed by atoms with Crippen LogP contribution in [0, 0.1) is 6.92 Å². The van der Waals surface area contributed by atoms with E-state index >= 15 is 0 Å². The van der Waals surface area contributed by atoms with Crippen LogP contribution in [-0.4, -0.2) is 19.6 Å². The Morgan fingerprint density at radius 1 is 1.44 bits per heavy atom. The molecule has 0 heterocycles. The summed E-state index contributed by atoms with van der Waals surface area (Å²) in [6.45, 7) is 6.03. The highest BCUT2D eigenvalue weighted by atomic mass is 16.5. The van der Waals surface area contributed by atoms with Gasteiger partial charge >= 0.3 is 5.97 Å². The van der Waals surface area contributed by atoms with E-state index in [1.54, 1.807) is 7.05 Å². The summed E-state index contributed by atoms with van der Waals surface area (Å²) in [7, 11) is 1.77. The number of likely N-dealkylation sites (N-methyl/N-ethyl adjacent to an activating group) is 1. The topological polar surface area (TPSA) is 38.3 Å². The second-order valence-corrected chi connectivity index (χ2v) is 3.91. The number of carbonyl (C=O) groups is 1. The summed E-state index contributed by atoms with van der Waals surface area (Å²) in [5.41, 5.74) is 1.25. The van der Waals surface area contributed by atoms with Gasteiger partial charge in [0.1, 0.15) is 5.54 Å². The lowest BCUT2D eigenvalue weighted by Gasteiger charge is -2.28. The van der Waals surface area contributed by atoms with Crippen molar-refractivity contribution in [3.8, 4) is 0 Å². The molecule has 3 heteroatoms. The zero-order valence-electron chi connectivity index (χ0n) is 10.3. The van der Waals surface area contributed by atoms with Crippen LogP contribution in [0.25, 0.3) is 0 Å². The van der Waals surface area contributed by atoms with Gasteiger partial charge in [-0.3, -0.25) is 0 Å². The fourth-order valence-electron chi connectivity index (χ4n) is 1.76. The molecule has 0 bridgehead atoms. The van der Waals surface area contributed by atoms with Crippen LogP contribution < -0.4 is 5.32 Å². The highest BCUT2D eigenvalue weighted by Crippen LogP contribution is 2.25. The van der Waals surface area contributed by atoms with Crippen LogP contribution in [0.5, 0.6) is 0 Å². The van der Waals surface area contributed by atoms with Gasteiger partial charge in [-0.1, -0.05) is 24.3 Å². The summed E-state index contributed by atoms with van der Waals surface area (Å²) in [5, 5.41) is 3.05. The largest absolute Gasteiger partial charge is 0.464 e. The average Bonchev–Trinajstić information content (AvgIpc) is 2.29. The van der Waals surface area contributed by atoms with Crippen molar-refractivity contribution in [2.45, 2.75) is 26.3 Å². The lowest BCUT2D eigenvalue weighted by atomic mass is 9.89. The molecular weight excluding hydrogens is 202 g/mol. The molecule has 0 saturated heterocycles. The SMILES string of the molecule is CCOC(=O)C(C)(NC)c1ccccc1C. The molecule has 0 aliphatic heterocycles. The molecule has 1 aromatic rings. The van der Waals surface area contributed by atoms with E-state index in [1.807, 2.05) is 45.0 Å². The Morgan fingerprint density at radius 3 is 2.56 bits per heavy atom. The Kier molecular flexibility index (Phi) is 4.07. The highest BCUT2D eigenvalue weighted by molar-refractivity contribution is 5.82. The first-order valence-corrected chi connectivity index (χ1v) is 5.48. The molecule has 1 aromatic carbocycles. The number of hydrogen-bond acceptors (Lipinski definition) is 3. The molecule has 0 aliphatic rings. The fourth-order valence-corrected chi connectivity index (χ4v) is 1.76. The first kappa shape index (κ1) is 12.7. The maximum Gasteiger partial charge on any atom is 0.330 e. The molecule has 0 radical (unpaired) electrons. The Morgan fingerprint density at radius 2 is 2.06 bits per heavy atom. The third-order valence-electron chi connectivity index (χ3n) is 2.87. The van der Waals surface area contributed by atoms with Crippen LogP contribution in [0.1, 0.15) is 25.0 Å². The summed E-state index contributed by atoms with van der Waals surface area (Å²) >= 11 is 0. The van der Waals surface area contributed by atoms with E-state index in [0.717, 1.165) is 11.1 Å². The molecule has 1 atom stereocenters. The molecule has 88 valence electrons. The van der Waals surface area contributed by atoms with Gasteiger partial charge in [0, 0.05) is 0 Å². The molecule has 1 unspecified atom stereocenters.